The van der Waals surface area contributed by atoms with Gasteiger partial charge in [0, 0.05) is 17.3 Å². The summed E-state index contributed by atoms with van der Waals surface area (Å²) in [5, 5.41) is 3.07. The summed E-state index contributed by atoms with van der Waals surface area (Å²) in [5.41, 5.74) is 1.49. The Hall–Kier alpha value is -3.32. The van der Waals surface area contributed by atoms with E-state index in [1.54, 1.807) is 18.2 Å². The van der Waals surface area contributed by atoms with E-state index in [1.807, 2.05) is 31.2 Å². The first-order chi connectivity index (χ1) is 14.0. The molecule has 1 aromatic heterocycles. The lowest BCUT2D eigenvalue weighted by atomic mass is 10.1. The van der Waals surface area contributed by atoms with Gasteiger partial charge in [0.1, 0.15) is 18.0 Å². The van der Waals surface area contributed by atoms with Crippen LogP contribution in [-0.4, -0.2) is 29.2 Å². The van der Waals surface area contributed by atoms with Gasteiger partial charge in [-0.3, -0.25) is 14.2 Å². The Bertz CT molecular complexity index is 1060. The fraction of sp³-hybridized carbons (Fsp3) is 0.190. The molecule has 0 aliphatic heterocycles. The number of rotatable bonds is 7. The van der Waals surface area contributed by atoms with Crippen molar-refractivity contribution in [1.29, 1.82) is 0 Å². The molecule has 0 fully saturated rings. The number of nitrogens with zero attached hydrogens (tertiary/aromatic N) is 2. The predicted molar refractivity (Wildman–Crippen MR) is 112 cm³/mol. The van der Waals surface area contributed by atoms with Crippen molar-refractivity contribution in [3.63, 3.8) is 0 Å². The van der Waals surface area contributed by atoms with Crippen LogP contribution in [0.5, 0.6) is 11.5 Å². The van der Waals surface area contributed by atoms with Gasteiger partial charge in [-0.2, -0.15) is 0 Å². The maximum atomic E-state index is 12.4. The highest BCUT2D eigenvalue weighted by molar-refractivity contribution is 6.32. The molecule has 8 heteroatoms. The van der Waals surface area contributed by atoms with E-state index >= 15 is 0 Å². The van der Waals surface area contributed by atoms with Gasteiger partial charge in [0.2, 0.25) is 5.91 Å². The fourth-order valence-corrected chi connectivity index (χ4v) is 2.95. The summed E-state index contributed by atoms with van der Waals surface area (Å²) in [4.78, 5) is 28.9. The molecule has 3 rings (SSSR count). The third-order valence-electron chi connectivity index (χ3n) is 4.09. The molecule has 1 heterocycles. The molecule has 0 aliphatic carbocycles. The number of anilines is 1. The first-order valence-corrected chi connectivity index (χ1v) is 9.31. The van der Waals surface area contributed by atoms with Crippen LogP contribution in [0, 0.1) is 0 Å². The van der Waals surface area contributed by atoms with Crippen LogP contribution >= 0.6 is 11.6 Å². The number of methoxy groups -OCH3 is 1. The molecule has 1 amide bonds. The van der Waals surface area contributed by atoms with Crippen LogP contribution in [0.15, 0.2) is 59.7 Å². The molecular formula is C21H20ClN3O4. The normalized spacial score (nSPS) is 10.4. The first kappa shape index (κ1) is 20.4. The van der Waals surface area contributed by atoms with Crippen molar-refractivity contribution in [2.75, 3.05) is 19.0 Å². The Kier molecular flexibility index (Phi) is 6.51. The topological polar surface area (TPSA) is 82.5 Å². The molecule has 7 nitrogen and oxygen atoms in total. The second-order valence-electron chi connectivity index (χ2n) is 6.10. The van der Waals surface area contributed by atoms with Crippen molar-refractivity contribution in [2.45, 2.75) is 13.5 Å². The molecule has 3 aromatic rings. The van der Waals surface area contributed by atoms with E-state index in [0.717, 1.165) is 11.3 Å². The Balaban J connectivity index is 1.69. The average molecular weight is 414 g/mol. The highest BCUT2D eigenvalue weighted by Crippen LogP contribution is 2.27. The van der Waals surface area contributed by atoms with Gasteiger partial charge in [-0.15, -0.1) is 0 Å². The Labute approximate surface area is 172 Å². The van der Waals surface area contributed by atoms with Gasteiger partial charge in [0.15, 0.2) is 0 Å². The summed E-state index contributed by atoms with van der Waals surface area (Å²) >= 11 is 6.05. The number of carbonyl (C=O) groups excluding carboxylic acids is 1. The van der Waals surface area contributed by atoms with Crippen LogP contribution in [-0.2, 0) is 11.3 Å². The molecule has 0 radical (unpaired) electrons. The standard InChI is InChI=1S/C21H20ClN3O4/c1-3-29-16-7-4-14(5-8-16)18-11-21(27)25(13-23-18)12-20(26)24-15-6-9-19(28-2)17(22)10-15/h4-11,13H,3,12H2,1-2H3,(H,24,26). The SMILES string of the molecule is CCOc1ccc(-c2cc(=O)n(CC(=O)Nc3ccc(OC)c(Cl)c3)cn2)cc1. The zero-order chi connectivity index (χ0) is 20.8. The van der Waals surface area contributed by atoms with Crippen molar-refractivity contribution in [3.8, 4) is 22.8 Å². The molecule has 0 atom stereocenters. The van der Waals surface area contributed by atoms with E-state index in [-0.39, 0.29) is 18.0 Å². The summed E-state index contributed by atoms with van der Waals surface area (Å²) in [6, 6.07) is 13.6. The second-order valence-corrected chi connectivity index (χ2v) is 6.50. The molecule has 0 saturated carbocycles. The predicted octanol–water partition coefficient (Wildman–Crippen LogP) is 3.61. The molecule has 0 aliphatic rings. The summed E-state index contributed by atoms with van der Waals surface area (Å²) in [7, 11) is 1.51. The van der Waals surface area contributed by atoms with E-state index in [1.165, 1.54) is 24.1 Å². The number of halogens is 1. The van der Waals surface area contributed by atoms with Crippen LogP contribution in [0.2, 0.25) is 5.02 Å². The molecule has 0 spiro atoms. The summed E-state index contributed by atoms with van der Waals surface area (Å²) in [5.74, 6) is 0.888. The van der Waals surface area contributed by atoms with Gasteiger partial charge >= 0.3 is 0 Å². The first-order valence-electron chi connectivity index (χ1n) is 8.93. The number of hydrogen-bond acceptors (Lipinski definition) is 5. The number of hydrogen-bond donors (Lipinski definition) is 1. The molecule has 0 unspecified atom stereocenters. The molecular weight excluding hydrogens is 394 g/mol. The van der Waals surface area contributed by atoms with Gasteiger partial charge < -0.3 is 14.8 Å². The van der Waals surface area contributed by atoms with Gasteiger partial charge in [-0.1, -0.05) is 11.6 Å². The number of carbonyl (C=O) groups is 1. The molecule has 29 heavy (non-hydrogen) atoms. The highest BCUT2D eigenvalue weighted by atomic mass is 35.5. The van der Waals surface area contributed by atoms with E-state index in [0.29, 0.717) is 28.8 Å². The average Bonchev–Trinajstić information content (AvgIpc) is 2.70. The van der Waals surface area contributed by atoms with Gasteiger partial charge in [-0.25, -0.2) is 4.98 Å². The van der Waals surface area contributed by atoms with Crippen molar-refractivity contribution in [3.05, 3.63) is 70.2 Å². The van der Waals surface area contributed by atoms with E-state index < -0.39 is 0 Å². The summed E-state index contributed by atoms with van der Waals surface area (Å²) < 4.78 is 11.7. The molecule has 0 saturated heterocycles. The minimum atomic E-state index is -0.371. The van der Waals surface area contributed by atoms with Gasteiger partial charge in [0.25, 0.3) is 5.56 Å². The maximum Gasteiger partial charge on any atom is 0.254 e. The number of ether oxygens (including phenoxy) is 2. The Morgan fingerprint density at radius 3 is 2.55 bits per heavy atom. The quantitative estimate of drug-likeness (QED) is 0.639. The largest absolute Gasteiger partial charge is 0.495 e. The van der Waals surface area contributed by atoms with Crippen molar-refractivity contribution in [1.82, 2.24) is 9.55 Å². The van der Waals surface area contributed by atoms with Gasteiger partial charge in [0.05, 0.1) is 30.8 Å². The summed E-state index contributed by atoms with van der Waals surface area (Å²) in [6.07, 6.45) is 1.36. The minimum absolute atomic E-state index is 0.168. The molecule has 1 N–H and O–H groups in total. The minimum Gasteiger partial charge on any atom is -0.495 e. The number of amides is 1. The van der Waals surface area contributed by atoms with E-state index in [2.05, 4.69) is 10.3 Å². The lowest BCUT2D eigenvalue weighted by Gasteiger charge is -2.10. The molecule has 2 aromatic carbocycles. The molecule has 150 valence electrons. The van der Waals surface area contributed by atoms with Crippen molar-refractivity contribution in [2.24, 2.45) is 0 Å². The Morgan fingerprint density at radius 2 is 1.93 bits per heavy atom. The number of aromatic nitrogens is 2. The van der Waals surface area contributed by atoms with E-state index in [4.69, 9.17) is 21.1 Å². The van der Waals surface area contributed by atoms with Crippen LogP contribution in [0.25, 0.3) is 11.3 Å². The lowest BCUT2D eigenvalue weighted by Crippen LogP contribution is -2.27. The van der Waals surface area contributed by atoms with Crippen LogP contribution in [0.3, 0.4) is 0 Å². The van der Waals surface area contributed by atoms with Crippen LogP contribution in [0.4, 0.5) is 5.69 Å². The fourth-order valence-electron chi connectivity index (χ4n) is 2.69. The smallest absolute Gasteiger partial charge is 0.254 e. The third kappa shape index (κ3) is 5.14. The van der Waals surface area contributed by atoms with Gasteiger partial charge in [-0.05, 0) is 49.4 Å². The third-order valence-corrected chi connectivity index (χ3v) is 4.39. The van der Waals surface area contributed by atoms with Crippen LogP contribution < -0.4 is 20.3 Å². The number of benzene rings is 2. The molecule has 0 bridgehead atoms. The number of nitrogens with one attached hydrogen (secondary N) is 1. The lowest BCUT2D eigenvalue weighted by molar-refractivity contribution is -0.116. The zero-order valence-corrected chi connectivity index (χ0v) is 16.8. The second kappa shape index (κ2) is 9.25. The van der Waals surface area contributed by atoms with Crippen molar-refractivity contribution < 1.29 is 14.3 Å². The zero-order valence-electron chi connectivity index (χ0n) is 16.0. The monoisotopic (exact) mass is 413 g/mol. The van der Waals surface area contributed by atoms with Crippen LogP contribution in [0.1, 0.15) is 6.92 Å². The van der Waals surface area contributed by atoms with E-state index in [9.17, 15) is 9.59 Å². The Morgan fingerprint density at radius 1 is 1.17 bits per heavy atom. The maximum absolute atomic E-state index is 12.4. The summed E-state index contributed by atoms with van der Waals surface area (Å²) in [6.45, 7) is 2.33. The van der Waals surface area contributed by atoms with Crippen molar-refractivity contribution >= 4 is 23.2 Å². The highest BCUT2D eigenvalue weighted by Gasteiger charge is 2.09.